The Kier molecular flexibility index (Phi) is 5.77. The first-order valence-electron chi connectivity index (χ1n) is 7.83. The fraction of sp³-hybridized carbons (Fsp3) is 0.316. The molecule has 0 spiro atoms. The maximum absolute atomic E-state index is 12.1. The van der Waals surface area contributed by atoms with Gasteiger partial charge in [0.2, 0.25) is 0 Å². The number of hydrogen-bond donors (Lipinski definition) is 2. The molecule has 0 bridgehead atoms. The van der Waals surface area contributed by atoms with E-state index >= 15 is 0 Å². The highest BCUT2D eigenvalue weighted by Crippen LogP contribution is 2.17. The second kappa shape index (κ2) is 7.79. The Labute approximate surface area is 137 Å². The number of aliphatic hydroxyl groups is 1. The maximum atomic E-state index is 12.1. The molecule has 1 unspecified atom stereocenters. The molecule has 0 aliphatic carbocycles. The van der Waals surface area contributed by atoms with E-state index in [0.29, 0.717) is 5.56 Å². The zero-order valence-electron chi connectivity index (χ0n) is 13.9. The summed E-state index contributed by atoms with van der Waals surface area (Å²) in [6.07, 6.45) is 0.230. The molecule has 0 fully saturated rings. The highest BCUT2D eigenvalue weighted by molar-refractivity contribution is 5.94. The highest BCUT2D eigenvalue weighted by Gasteiger charge is 2.11. The molecule has 0 aromatic heterocycles. The van der Waals surface area contributed by atoms with Crippen LogP contribution >= 0.6 is 0 Å². The number of anilines is 1. The number of carbonyl (C=O) groups is 1. The summed E-state index contributed by atoms with van der Waals surface area (Å²) in [5.41, 5.74) is 3.66. The minimum absolute atomic E-state index is 0.170. The number of aryl methyl sites for hydroxylation is 1. The van der Waals surface area contributed by atoms with Crippen LogP contribution < -0.4 is 10.2 Å². The van der Waals surface area contributed by atoms with E-state index in [1.54, 1.807) is 0 Å². The van der Waals surface area contributed by atoms with Crippen LogP contribution in [0, 0.1) is 0 Å². The normalized spacial score (nSPS) is 11.8. The van der Waals surface area contributed by atoms with Crippen molar-refractivity contribution < 1.29 is 9.90 Å². The predicted octanol–water partition coefficient (Wildman–Crippen LogP) is 2.78. The molecule has 0 saturated heterocycles. The Morgan fingerprint density at radius 1 is 1.09 bits per heavy atom. The van der Waals surface area contributed by atoms with E-state index in [2.05, 4.69) is 12.2 Å². The van der Waals surface area contributed by atoms with E-state index in [1.807, 2.05) is 67.5 Å². The summed E-state index contributed by atoms with van der Waals surface area (Å²) in [6.45, 7) is 2.27. The van der Waals surface area contributed by atoms with Crippen LogP contribution in [0.1, 0.15) is 34.5 Å². The smallest absolute Gasteiger partial charge is 0.251 e. The molecule has 0 aliphatic rings. The summed E-state index contributed by atoms with van der Waals surface area (Å²) in [6, 6.07) is 15.2. The number of aliphatic hydroxyl groups excluding tert-OH is 1. The van der Waals surface area contributed by atoms with Crippen LogP contribution in [0.3, 0.4) is 0 Å². The number of rotatable bonds is 6. The lowest BCUT2D eigenvalue weighted by atomic mass is 10.1. The van der Waals surface area contributed by atoms with E-state index < -0.39 is 6.10 Å². The molecule has 4 nitrogen and oxygen atoms in total. The van der Waals surface area contributed by atoms with Gasteiger partial charge in [0.15, 0.2) is 0 Å². The Bertz CT molecular complexity index is 633. The van der Waals surface area contributed by atoms with E-state index in [4.69, 9.17) is 0 Å². The predicted molar refractivity (Wildman–Crippen MR) is 93.9 cm³/mol. The summed E-state index contributed by atoms with van der Waals surface area (Å²) in [5.74, 6) is -0.170. The van der Waals surface area contributed by atoms with E-state index in [1.165, 1.54) is 5.56 Å². The van der Waals surface area contributed by atoms with Crippen molar-refractivity contribution in [2.24, 2.45) is 0 Å². The van der Waals surface area contributed by atoms with E-state index in [-0.39, 0.29) is 12.5 Å². The molecule has 2 N–H and O–H groups in total. The summed E-state index contributed by atoms with van der Waals surface area (Å²) >= 11 is 0. The van der Waals surface area contributed by atoms with Gasteiger partial charge >= 0.3 is 0 Å². The third-order valence-electron chi connectivity index (χ3n) is 3.87. The molecular weight excluding hydrogens is 288 g/mol. The summed E-state index contributed by atoms with van der Waals surface area (Å²) in [7, 11) is 3.94. The van der Waals surface area contributed by atoms with Crippen molar-refractivity contribution in [3.05, 3.63) is 65.2 Å². The Balaban J connectivity index is 1.92. The third kappa shape index (κ3) is 4.57. The first kappa shape index (κ1) is 17.0. The SMILES string of the molecule is CCc1ccc(C(=O)NCC(O)c2ccc(N(C)C)cc2)cc1. The molecule has 1 atom stereocenters. The third-order valence-corrected chi connectivity index (χ3v) is 3.87. The molecule has 23 heavy (non-hydrogen) atoms. The van der Waals surface area contributed by atoms with Gasteiger partial charge in [0.25, 0.3) is 5.91 Å². The first-order chi connectivity index (χ1) is 11.0. The van der Waals surface area contributed by atoms with Crippen molar-refractivity contribution in [2.45, 2.75) is 19.4 Å². The lowest BCUT2D eigenvalue weighted by Crippen LogP contribution is -2.28. The van der Waals surface area contributed by atoms with Crippen molar-refractivity contribution >= 4 is 11.6 Å². The van der Waals surface area contributed by atoms with E-state index in [0.717, 1.165) is 17.7 Å². The largest absolute Gasteiger partial charge is 0.387 e. The number of amides is 1. The van der Waals surface area contributed by atoms with Crippen LogP contribution in [-0.4, -0.2) is 31.7 Å². The first-order valence-corrected chi connectivity index (χ1v) is 7.83. The molecule has 0 aliphatic heterocycles. The zero-order valence-corrected chi connectivity index (χ0v) is 13.9. The highest BCUT2D eigenvalue weighted by atomic mass is 16.3. The average Bonchev–Trinajstić information content (AvgIpc) is 2.59. The number of carbonyl (C=O) groups excluding carboxylic acids is 1. The minimum atomic E-state index is -0.718. The maximum Gasteiger partial charge on any atom is 0.251 e. The van der Waals surface area contributed by atoms with Gasteiger partial charge in [0.1, 0.15) is 0 Å². The summed E-state index contributed by atoms with van der Waals surface area (Å²) in [4.78, 5) is 14.1. The minimum Gasteiger partial charge on any atom is -0.387 e. The second-order valence-electron chi connectivity index (χ2n) is 5.76. The van der Waals surface area contributed by atoms with Crippen LogP contribution in [0.5, 0.6) is 0 Å². The van der Waals surface area contributed by atoms with Crippen molar-refractivity contribution in [1.82, 2.24) is 5.32 Å². The van der Waals surface area contributed by atoms with Crippen molar-refractivity contribution in [3.63, 3.8) is 0 Å². The number of hydrogen-bond acceptors (Lipinski definition) is 3. The number of benzene rings is 2. The molecule has 122 valence electrons. The fourth-order valence-corrected chi connectivity index (χ4v) is 2.30. The molecule has 4 heteroatoms. The number of nitrogens with zero attached hydrogens (tertiary/aromatic N) is 1. The Morgan fingerprint density at radius 2 is 1.70 bits per heavy atom. The molecule has 2 aromatic rings. The van der Waals surface area contributed by atoms with Gasteiger partial charge < -0.3 is 15.3 Å². The second-order valence-corrected chi connectivity index (χ2v) is 5.76. The average molecular weight is 312 g/mol. The fourth-order valence-electron chi connectivity index (χ4n) is 2.30. The van der Waals surface area contributed by atoms with Crippen molar-refractivity contribution in [1.29, 1.82) is 0 Å². The van der Waals surface area contributed by atoms with Crippen LogP contribution in [-0.2, 0) is 6.42 Å². The summed E-state index contributed by atoms with van der Waals surface area (Å²) in [5, 5.41) is 13.0. The zero-order chi connectivity index (χ0) is 16.8. The molecule has 0 radical (unpaired) electrons. The van der Waals surface area contributed by atoms with Gasteiger partial charge in [-0.25, -0.2) is 0 Å². The Hall–Kier alpha value is -2.33. The van der Waals surface area contributed by atoms with Gasteiger partial charge in [0, 0.05) is 31.9 Å². The monoisotopic (exact) mass is 312 g/mol. The van der Waals surface area contributed by atoms with Gasteiger partial charge in [-0.05, 0) is 41.8 Å². The molecule has 2 aromatic carbocycles. The Morgan fingerprint density at radius 3 is 2.22 bits per heavy atom. The van der Waals surface area contributed by atoms with Crippen LogP contribution in [0.2, 0.25) is 0 Å². The standard InChI is InChI=1S/C19H24N2O2/c1-4-14-5-7-16(8-6-14)19(23)20-13-18(22)15-9-11-17(12-10-15)21(2)3/h5-12,18,22H,4,13H2,1-3H3,(H,20,23). The summed E-state index contributed by atoms with van der Waals surface area (Å²) < 4.78 is 0. The van der Waals surface area contributed by atoms with Crippen LogP contribution in [0.25, 0.3) is 0 Å². The van der Waals surface area contributed by atoms with Gasteiger partial charge in [0.05, 0.1) is 6.10 Å². The van der Waals surface area contributed by atoms with Gasteiger partial charge in [-0.3, -0.25) is 4.79 Å². The molecule has 2 rings (SSSR count). The molecule has 0 heterocycles. The molecule has 0 saturated carbocycles. The van der Waals surface area contributed by atoms with Crippen LogP contribution in [0.15, 0.2) is 48.5 Å². The molecule has 1 amide bonds. The topological polar surface area (TPSA) is 52.6 Å². The lowest BCUT2D eigenvalue weighted by molar-refractivity contribution is 0.0916. The van der Waals surface area contributed by atoms with Crippen molar-refractivity contribution in [3.8, 4) is 0 Å². The van der Waals surface area contributed by atoms with Gasteiger partial charge in [-0.15, -0.1) is 0 Å². The molecular formula is C19H24N2O2. The number of nitrogens with one attached hydrogen (secondary N) is 1. The lowest BCUT2D eigenvalue weighted by Gasteiger charge is -2.16. The van der Waals surface area contributed by atoms with E-state index in [9.17, 15) is 9.90 Å². The van der Waals surface area contributed by atoms with Crippen LogP contribution in [0.4, 0.5) is 5.69 Å². The van der Waals surface area contributed by atoms with Gasteiger partial charge in [-0.2, -0.15) is 0 Å². The quantitative estimate of drug-likeness (QED) is 0.862. The van der Waals surface area contributed by atoms with Gasteiger partial charge in [-0.1, -0.05) is 31.2 Å². The van der Waals surface area contributed by atoms with Crippen molar-refractivity contribution in [2.75, 3.05) is 25.5 Å².